The Labute approximate surface area is 71.9 Å². The average molecular weight is 164 g/mol. The average Bonchev–Trinajstić information content (AvgIpc) is 2.53. The molecule has 0 saturated carbocycles. The second-order valence-electron chi connectivity index (χ2n) is 2.57. The van der Waals surface area contributed by atoms with Gasteiger partial charge >= 0.3 is 0 Å². The molecule has 12 heavy (non-hydrogen) atoms. The highest BCUT2D eigenvalue weighted by atomic mass is 16.3. The highest BCUT2D eigenvalue weighted by Crippen LogP contribution is 2.03. The van der Waals surface area contributed by atoms with Gasteiger partial charge in [0.1, 0.15) is 5.76 Å². The Morgan fingerprint density at radius 1 is 1.67 bits per heavy atom. The van der Waals surface area contributed by atoms with Crippen LogP contribution >= 0.6 is 0 Å². The predicted molar refractivity (Wildman–Crippen MR) is 47.7 cm³/mol. The van der Waals surface area contributed by atoms with Crippen molar-refractivity contribution in [2.24, 2.45) is 0 Å². The molecule has 0 radical (unpaired) electrons. The monoisotopic (exact) mass is 164 g/mol. The van der Waals surface area contributed by atoms with E-state index in [1.54, 1.807) is 24.5 Å². The van der Waals surface area contributed by atoms with Crippen LogP contribution in [0.1, 0.15) is 25.5 Å². The number of hydrogen-bond donors (Lipinski definition) is 0. The van der Waals surface area contributed by atoms with Crippen molar-refractivity contribution in [2.75, 3.05) is 0 Å². The van der Waals surface area contributed by atoms with E-state index in [1.165, 1.54) is 0 Å². The van der Waals surface area contributed by atoms with Crippen LogP contribution < -0.4 is 0 Å². The Morgan fingerprint density at radius 3 is 3.08 bits per heavy atom. The molecule has 0 spiro atoms. The molecular weight excluding hydrogens is 152 g/mol. The van der Waals surface area contributed by atoms with Gasteiger partial charge in [-0.15, -0.1) is 0 Å². The summed E-state index contributed by atoms with van der Waals surface area (Å²) >= 11 is 0. The van der Waals surface area contributed by atoms with Gasteiger partial charge in [-0.3, -0.25) is 4.79 Å². The SMILES string of the molecule is CCCC(=O)C=Cc1ccco1. The molecule has 0 saturated heterocycles. The summed E-state index contributed by atoms with van der Waals surface area (Å²) in [6, 6.07) is 3.61. The molecule has 0 atom stereocenters. The molecule has 0 aliphatic heterocycles. The number of carbonyl (C=O) groups excluding carboxylic acids is 1. The van der Waals surface area contributed by atoms with Gasteiger partial charge < -0.3 is 4.42 Å². The maximum Gasteiger partial charge on any atom is 0.155 e. The first-order valence-electron chi connectivity index (χ1n) is 4.07. The van der Waals surface area contributed by atoms with E-state index in [4.69, 9.17) is 4.42 Å². The molecule has 0 aromatic carbocycles. The molecule has 1 aromatic heterocycles. The van der Waals surface area contributed by atoms with E-state index in [2.05, 4.69) is 0 Å². The summed E-state index contributed by atoms with van der Waals surface area (Å²) in [4.78, 5) is 11.0. The molecule has 0 aliphatic carbocycles. The zero-order valence-electron chi connectivity index (χ0n) is 7.12. The summed E-state index contributed by atoms with van der Waals surface area (Å²) in [5, 5.41) is 0. The van der Waals surface area contributed by atoms with Crippen LogP contribution in [0.4, 0.5) is 0 Å². The smallest absolute Gasteiger partial charge is 0.155 e. The van der Waals surface area contributed by atoms with Crippen LogP contribution in [0.3, 0.4) is 0 Å². The lowest BCUT2D eigenvalue weighted by Crippen LogP contribution is -1.89. The number of carbonyl (C=O) groups is 1. The van der Waals surface area contributed by atoms with Crippen LogP contribution in [-0.2, 0) is 4.79 Å². The predicted octanol–water partition coefficient (Wildman–Crippen LogP) is 2.66. The van der Waals surface area contributed by atoms with Gasteiger partial charge in [-0.25, -0.2) is 0 Å². The zero-order chi connectivity index (χ0) is 8.81. The number of furan rings is 1. The van der Waals surface area contributed by atoms with Crippen LogP contribution in [0.2, 0.25) is 0 Å². The van der Waals surface area contributed by atoms with E-state index in [1.807, 2.05) is 13.0 Å². The topological polar surface area (TPSA) is 30.2 Å². The third-order valence-electron chi connectivity index (χ3n) is 1.47. The first-order chi connectivity index (χ1) is 5.83. The maximum atomic E-state index is 11.0. The van der Waals surface area contributed by atoms with Gasteiger partial charge in [-0.2, -0.15) is 0 Å². The van der Waals surface area contributed by atoms with Crippen LogP contribution in [0.15, 0.2) is 28.9 Å². The standard InChI is InChI=1S/C10H12O2/c1-2-4-9(11)6-7-10-5-3-8-12-10/h3,5-8H,2,4H2,1H3. The zero-order valence-corrected chi connectivity index (χ0v) is 7.12. The van der Waals surface area contributed by atoms with Gasteiger partial charge in [0.2, 0.25) is 0 Å². The Hall–Kier alpha value is -1.31. The third kappa shape index (κ3) is 2.74. The lowest BCUT2D eigenvalue weighted by molar-refractivity contribution is -0.114. The van der Waals surface area contributed by atoms with Crippen molar-refractivity contribution in [3.63, 3.8) is 0 Å². The summed E-state index contributed by atoms with van der Waals surface area (Å²) in [6.07, 6.45) is 6.34. The highest BCUT2D eigenvalue weighted by molar-refractivity contribution is 5.93. The molecule has 0 aliphatic rings. The second kappa shape index (κ2) is 4.54. The number of ketones is 1. The maximum absolute atomic E-state index is 11.0. The molecule has 0 fully saturated rings. The Balaban J connectivity index is 2.45. The molecule has 1 rings (SSSR count). The number of rotatable bonds is 4. The van der Waals surface area contributed by atoms with Gasteiger partial charge in [-0.1, -0.05) is 6.92 Å². The normalized spacial score (nSPS) is 10.8. The molecule has 0 bridgehead atoms. The van der Waals surface area contributed by atoms with Crippen molar-refractivity contribution in [2.45, 2.75) is 19.8 Å². The van der Waals surface area contributed by atoms with Crippen LogP contribution in [0.5, 0.6) is 0 Å². The second-order valence-corrected chi connectivity index (χ2v) is 2.57. The summed E-state index contributed by atoms with van der Waals surface area (Å²) in [5.41, 5.74) is 0. The summed E-state index contributed by atoms with van der Waals surface area (Å²) in [6.45, 7) is 1.98. The van der Waals surface area contributed by atoms with E-state index < -0.39 is 0 Å². The fourth-order valence-corrected chi connectivity index (χ4v) is 0.891. The van der Waals surface area contributed by atoms with Gasteiger partial charge in [0.25, 0.3) is 0 Å². The van der Waals surface area contributed by atoms with Gasteiger partial charge in [-0.05, 0) is 30.7 Å². The van der Waals surface area contributed by atoms with E-state index in [-0.39, 0.29) is 5.78 Å². The Bertz CT molecular complexity index is 257. The van der Waals surface area contributed by atoms with Gasteiger partial charge in [0.15, 0.2) is 5.78 Å². The molecular formula is C10H12O2. The van der Waals surface area contributed by atoms with Gasteiger partial charge in [0.05, 0.1) is 6.26 Å². The van der Waals surface area contributed by atoms with E-state index >= 15 is 0 Å². The van der Waals surface area contributed by atoms with E-state index in [0.29, 0.717) is 6.42 Å². The molecule has 2 heteroatoms. The molecule has 2 nitrogen and oxygen atoms in total. The third-order valence-corrected chi connectivity index (χ3v) is 1.47. The Kier molecular flexibility index (Phi) is 3.33. The summed E-state index contributed by atoms with van der Waals surface area (Å²) in [5.74, 6) is 0.869. The number of hydrogen-bond acceptors (Lipinski definition) is 2. The first-order valence-corrected chi connectivity index (χ1v) is 4.07. The summed E-state index contributed by atoms with van der Waals surface area (Å²) < 4.78 is 5.02. The van der Waals surface area contributed by atoms with Crippen molar-refractivity contribution < 1.29 is 9.21 Å². The Morgan fingerprint density at radius 2 is 2.50 bits per heavy atom. The minimum Gasteiger partial charge on any atom is -0.465 e. The van der Waals surface area contributed by atoms with Crippen molar-refractivity contribution in [1.29, 1.82) is 0 Å². The van der Waals surface area contributed by atoms with Crippen LogP contribution in [-0.4, -0.2) is 5.78 Å². The fraction of sp³-hybridized carbons (Fsp3) is 0.300. The van der Waals surface area contributed by atoms with Crippen LogP contribution in [0.25, 0.3) is 6.08 Å². The lowest BCUT2D eigenvalue weighted by atomic mass is 10.2. The quantitative estimate of drug-likeness (QED) is 0.640. The molecule has 1 heterocycles. The van der Waals surface area contributed by atoms with Crippen molar-refractivity contribution >= 4 is 11.9 Å². The molecule has 0 N–H and O–H groups in total. The van der Waals surface area contributed by atoms with E-state index in [0.717, 1.165) is 12.2 Å². The molecule has 0 amide bonds. The highest BCUT2D eigenvalue weighted by Gasteiger charge is 1.93. The minimum absolute atomic E-state index is 0.147. The van der Waals surface area contributed by atoms with Gasteiger partial charge in [0, 0.05) is 6.42 Å². The van der Waals surface area contributed by atoms with Crippen molar-refractivity contribution in [1.82, 2.24) is 0 Å². The molecule has 1 aromatic rings. The first kappa shape index (κ1) is 8.78. The largest absolute Gasteiger partial charge is 0.465 e. The lowest BCUT2D eigenvalue weighted by Gasteiger charge is -1.87. The molecule has 64 valence electrons. The molecule has 0 unspecified atom stereocenters. The summed E-state index contributed by atoms with van der Waals surface area (Å²) in [7, 11) is 0. The van der Waals surface area contributed by atoms with E-state index in [9.17, 15) is 4.79 Å². The fourth-order valence-electron chi connectivity index (χ4n) is 0.891. The van der Waals surface area contributed by atoms with Crippen molar-refractivity contribution in [3.8, 4) is 0 Å². The minimum atomic E-state index is 0.147. The van der Waals surface area contributed by atoms with Crippen molar-refractivity contribution in [3.05, 3.63) is 30.2 Å². The van der Waals surface area contributed by atoms with Crippen LogP contribution in [0, 0.1) is 0 Å². The number of allylic oxidation sites excluding steroid dienone is 1.